The minimum atomic E-state index is 0. The molecule has 23 heavy (non-hydrogen) atoms. The van der Waals surface area contributed by atoms with Gasteiger partial charge in [-0.2, -0.15) is 0 Å². The van der Waals surface area contributed by atoms with Crippen LogP contribution in [0, 0.1) is 19.3 Å². The molecule has 0 bridgehead atoms. The van der Waals surface area contributed by atoms with Gasteiger partial charge in [-0.1, -0.05) is 38.0 Å². The Morgan fingerprint density at radius 2 is 1.96 bits per heavy atom. The largest absolute Gasteiger partial charge is 0.324 e. The summed E-state index contributed by atoms with van der Waals surface area (Å²) in [5.41, 5.74) is 3.59. The van der Waals surface area contributed by atoms with E-state index in [-0.39, 0.29) is 29.8 Å². The van der Waals surface area contributed by atoms with Crippen LogP contribution < -0.4 is 5.32 Å². The molecule has 1 aromatic rings. The first-order chi connectivity index (χ1) is 10.6. The van der Waals surface area contributed by atoms with Crippen LogP contribution in [0.3, 0.4) is 0 Å². The van der Waals surface area contributed by atoms with Crippen molar-refractivity contribution < 1.29 is 4.79 Å². The van der Waals surface area contributed by atoms with Gasteiger partial charge in [0, 0.05) is 17.6 Å². The van der Waals surface area contributed by atoms with Crippen LogP contribution in [0.5, 0.6) is 0 Å². The van der Waals surface area contributed by atoms with Crippen molar-refractivity contribution in [1.82, 2.24) is 4.90 Å². The first kappa shape index (κ1) is 18.3. The van der Waals surface area contributed by atoms with Crippen LogP contribution in [0.25, 0.3) is 0 Å². The van der Waals surface area contributed by atoms with Gasteiger partial charge in [0.1, 0.15) is 0 Å². The molecule has 1 heterocycles. The van der Waals surface area contributed by atoms with Gasteiger partial charge in [-0.05, 0) is 50.8 Å². The lowest BCUT2D eigenvalue weighted by atomic mass is 9.57. The van der Waals surface area contributed by atoms with Crippen LogP contribution in [0.1, 0.15) is 50.2 Å². The van der Waals surface area contributed by atoms with Crippen molar-refractivity contribution in [3.63, 3.8) is 0 Å². The van der Waals surface area contributed by atoms with Crippen molar-refractivity contribution in [3.05, 3.63) is 29.3 Å². The van der Waals surface area contributed by atoms with E-state index in [2.05, 4.69) is 43.1 Å². The number of carbonyl (C=O) groups is 1. The zero-order valence-electron chi connectivity index (χ0n) is 14.5. The van der Waals surface area contributed by atoms with Crippen molar-refractivity contribution in [2.75, 3.05) is 18.4 Å². The minimum absolute atomic E-state index is 0. The van der Waals surface area contributed by atoms with Crippen LogP contribution in [0.15, 0.2) is 18.2 Å². The summed E-state index contributed by atoms with van der Waals surface area (Å²) in [4.78, 5) is 15.3. The fourth-order valence-corrected chi connectivity index (χ4v) is 4.14. The Bertz CT molecular complexity index is 548. The molecule has 3 rings (SSSR count). The summed E-state index contributed by atoms with van der Waals surface area (Å²) in [5.74, 6) is 0.208. The van der Waals surface area contributed by atoms with Gasteiger partial charge >= 0.3 is 0 Å². The van der Waals surface area contributed by atoms with Gasteiger partial charge in [-0.25, -0.2) is 0 Å². The predicted molar refractivity (Wildman–Crippen MR) is 98.3 cm³/mol. The van der Waals surface area contributed by atoms with E-state index < -0.39 is 0 Å². The number of hydrogen-bond acceptors (Lipinski definition) is 2. The second kappa shape index (κ2) is 7.23. The molecule has 1 atom stereocenters. The number of amides is 1. The van der Waals surface area contributed by atoms with Crippen LogP contribution >= 0.6 is 12.4 Å². The average molecular weight is 337 g/mol. The molecule has 0 aromatic heterocycles. The maximum Gasteiger partial charge on any atom is 0.242 e. The first-order valence-corrected chi connectivity index (χ1v) is 8.68. The molecule has 1 spiro atoms. The molecule has 1 aliphatic carbocycles. The molecule has 1 saturated carbocycles. The van der Waals surface area contributed by atoms with Crippen molar-refractivity contribution in [1.29, 1.82) is 0 Å². The van der Waals surface area contributed by atoms with E-state index >= 15 is 0 Å². The molecule has 3 nitrogen and oxygen atoms in total. The van der Waals surface area contributed by atoms with E-state index in [1.165, 1.54) is 32.1 Å². The van der Waals surface area contributed by atoms with Crippen molar-refractivity contribution >= 4 is 24.0 Å². The molecule has 1 N–H and O–H groups in total. The lowest BCUT2D eigenvalue weighted by Crippen LogP contribution is -2.71. The monoisotopic (exact) mass is 336 g/mol. The highest BCUT2D eigenvalue weighted by Gasteiger charge is 2.58. The molecule has 2 fully saturated rings. The zero-order valence-corrected chi connectivity index (χ0v) is 15.3. The zero-order chi connectivity index (χ0) is 15.7. The molecular weight excluding hydrogens is 308 g/mol. The van der Waals surface area contributed by atoms with E-state index in [4.69, 9.17) is 0 Å². The highest BCUT2D eigenvalue weighted by molar-refractivity contribution is 5.97. The summed E-state index contributed by atoms with van der Waals surface area (Å²) in [5, 5.41) is 3.23. The third-order valence-electron chi connectivity index (χ3n) is 5.59. The predicted octanol–water partition coefficient (Wildman–Crippen LogP) is 4.32. The molecular formula is C19H29ClN2O. The number of benzene rings is 1. The van der Waals surface area contributed by atoms with E-state index in [0.717, 1.165) is 29.9 Å². The van der Waals surface area contributed by atoms with Gasteiger partial charge in [0.05, 0.1) is 6.04 Å². The van der Waals surface area contributed by atoms with Crippen LogP contribution in [-0.2, 0) is 4.79 Å². The second-order valence-electron chi connectivity index (χ2n) is 7.20. The highest BCUT2D eigenvalue weighted by Crippen LogP contribution is 2.53. The molecule has 1 saturated heterocycles. The molecule has 1 amide bonds. The van der Waals surface area contributed by atoms with Gasteiger partial charge < -0.3 is 5.32 Å². The molecule has 1 aromatic carbocycles. The second-order valence-corrected chi connectivity index (χ2v) is 7.20. The Labute approximate surface area is 146 Å². The van der Waals surface area contributed by atoms with Crippen molar-refractivity contribution in [2.24, 2.45) is 5.41 Å². The summed E-state index contributed by atoms with van der Waals surface area (Å²) >= 11 is 0. The fourth-order valence-electron chi connectivity index (χ4n) is 4.14. The smallest absolute Gasteiger partial charge is 0.242 e. The van der Waals surface area contributed by atoms with E-state index in [9.17, 15) is 4.79 Å². The Balaban J connectivity index is 0.00000192. The number of nitrogens with one attached hydrogen (secondary N) is 1. The normalized spacial score (nSPS) is 22.0. The van der Waals surface area contributed by atoms with Gasteiger partial charge in [0.15, 0.2) is 0 Å². The SMILES string of the molecule is CCCCN1CC2(CCC2)C1C(=O)Nc1c(C)cccc1C.Cl. The van der Waals surface area contributed by atoms with Crippen LogP contribution in [-0.4, -0.2) is 29.9 Å². The maximum absolute atomic E-state index is 12.9. The van der Waals surface area contributed by atoms with E-state index in [0.29, 0.717) is 0 Å². The Kier molecular flexibility index (Phi) is 5.74. The summed E-state index contributed by atoms with van der Waals surface area (Å²) in [7, 11) is 0. The van der Waals surface area contributed by atoms with Crippen molar-refractivity contribution in [2.45, 2.75) is 58.9 Å². The number of hydrogen-bond donors (Lipinski definition) is 1. The number of carbonyl (C=O) groups excluding carboxylic acids is 1. The Hall–Kier alpha value is -1.06. The summed E-state index contributed by atoms with van der Waals surface area (Å²) in [6.07, 6.45) is 6.10. The Morgan fingerprint density at radius 3 is 2.48 bits per heavy atom. The van der Waals surface area contributed by atoms with E-state index in [1.807, 2.05) is 6.07 Å². The number of halogens is 1. The third-order valence-corrected chi connectivity index (χ3v) is 5.59. The minimum Gasteiger partial charge on any atom is -0.324 e. The third kappa shape index (κ3) is 3.27. The molecule has 128 valence electrons. The summed E-state index contributed by atoms with van der Waals surface area (Å²) in [6.45, 7) is 8.53. The van der Waals surface area contributed by atoms with E-state index in [1.54, 1.807) is 0 Å². The number of nitrogens with zero attached hydrogens (tertiary/aromatic N) is 1. The molecule has 0 radical (unpaired) electrons. The van der Waals surface area contributed by atoms with Crippen molar-refractivity contribution in [3.8, 4) is 0 Å². The molecule has 2 aliphatic rings. The molecule has 4 heteroatoms. The number of para-hydroxylation sites is 1. The fraction of sp³-hybridized carbons (Fsp3) is 0.632. The number of unbranched alkanes of at least 4 members (excludes halogenated alkanes) is 1. The summed E-state index contributed by atoms with van der Waals surface area (Å²) in [6, 6.07) is 6.27. The van der Waals surface area contributed by atoms with Gasteiger partial charge in [0.25, 0.3) is 0 Å². The molecule has 1 unspecified atom stereocenters. The quantitative estimate of drug-likeness (QED) is 0.868. The maximum atomic E-state index is 12.9. The lowest BCUT2D eigenvalue weighted by Gasteiger charge is -2.61. The summed E-state index contributed by atoms with van der Waals surface area (Å²) < 4.78 is 0. The number of aryl methyl sites for hydroxylation is 2. The number of likely N-dealkylation sites (tertiary alicyclic amines) is 1. The van der Waals surface area contributed by atoms with Crippen LogP contribution in [0.4, 0.5) is 5.69 Å². The topological polar surface area (TPSA) is 32.3 Å². The molecule has 1 aliphatic heterocycles. The van der Waals surface area contributed by atoms with Gasteiger partial charge in [-0.3, -0.25) is 9.69 Å². The van der Waals surface area contributed by atoms with Gasteiger partial charge in [-0.15, -0.1) is 12.4 Å². The number of anilines is 1. The lowest BCUT2D eigenvalue weighted by molar-refractivity contribution is -0.156. The number of rotatable bonds is 5. The first-order valence-electron chi connectivity index (χ1n) is 8.68. The van der Waals surface area contributed by atoms with Crippen LogP contribution in [0.2, 0.25) is 0 Å². The highest BCUT2D eigenvalue weighted by atomic mass is 35.5. The van der Waals surface area contributed by atoms with Gasteiger partial charge in [0.2, 0.25) is 5.91 Å². The average Bonchev–Trinajstić information content (AvgIpc) is 2.40. The Morgan fingerprint density at radius 1 is 1.30 bits per heavy atom. The standard InChI is InChI=1S/C19H28N2O.ClH/c1-4-5-12-21-13-19(10-7-11-19)17(21)18(22)20-16-14(2)8-6-9-15(16)3;/h6,8-9,17H,4-5,7,10-13H2,1-3H3,(H,20,22);1H.